The lowest BCUT2D eigenvalue weighted by molar-refractivity contribution is 0.0751. The Morgan fingerprint density at radius 1 is 1.09 bits per heavy atom. The van der Waals surface area contributed by atoms with Crippen LogP contribution in [0.4, 0.5) is 11.4 Å². The molecule has 1 amide bonds. The van der Waals surface area contributed by atoms with Crippen molar-refractivity contribution in [2.24, 2.45) is 4.99 Å². The van der Waals surface area contributed by atoms with E-state index in [0.29, 0.717) is 18.8 Å². The highest BCUT2D eigenvalue weighted by Crippen LogP contribution is 2.21. The average Bonchev–Trinajstić information content (AvgIpc) is 3.10. The first-order valence-corrected chi connectivity index (χ1v) is 7.91. The molecule has 0 aliphatic carbocycles. The van der Waals surface area contributed by atoms with Crippen molar-refractivity contribution in [1.29, 1.82) is 0 Å². The first kappa shape index (κ1) is 14.5. The van der Waals surface area contributed by atoms with Gasteiger partial charge in [-0.2, -0.15) is 4.99 Å². The average molecular weight is 313 g/mol. The van der Waals surface area contributed by atoms with Crippen molar-refractivity contribution < 1.29 is 9.59 Å². The molecule has 3 rings (SSSR count). The lowest BCUT2D eigenvalue weighted by Gasteiger charge is -2.36. The molecule has 0 saturated carbocycles. The first-order valence-electron chi connectivity index (χ1n) is 7.03. The summed E-state index contributed by atoms with van der Waals surface area (Å²) >= 11 is 1.48. The maximum atomic E-state index is 12.3. The van der Waals surface area contributed by atoms with Crippen molar-refractivity contribution in [2.75, 3.05) is 31.1 Å². The summed E-state index contributed by atoms with van der Waals surface area (Å²) in [6, 6.07) is 11.2. The van der Waals surface area contributed by atoms with E-state index < -0.39 is 0 Å². The van der Waals surface area contributed by atoms with Crippen molar-refractivity contribution >= 4 is 34.7 Å². The van der Waals surface area contributed by atoms with Crippen molar-refractivity contribution in [3.05, 3.63) is 46.7 Å². The lowest BCUT2D eigenvalue weighted by atomic mass is 10.2. The van der Waals surface area contributed by atoms with Gasteiger partial charge < -0.3 is 9.80 Å². The Hall–Kier alpha value is -2.43. The quantitative estimate of drug-likeness (QED) is 0.646. The standard InChI is InChI=1S/C16H15N3O2S/c20-12-17-13-3-5-14(6-4-13)18-7-9-19(10-8-18)16(21)15-2-1-11-22-15/h1-6,11H,7-10H2. The Labute approximate surface area is 132 Å². The number of amides is 1. The Morgan fingerprint density at radius 3 is 2.41 bits per heavy atom. The number of anilines is 1. The number of carbonyl (C=O) groups excluding carboxylic acids is 2. The Bertz CT molecular complexity index is 683. The van der Waals surface area contributed by atoms with E-state index in [1.54, 1.807) is 12.1 Å². The van der Waals surface area contributed by atoms with Gasteiger partial charge in [-0.05, 0) is 35.7 Å². The highest BCUT2D eigenvalue weighted by molar-refractivity contribution is 7.12. The Balaban J connectivity index is 1.61. The molecule has 1 saturated heterocycles. The summed E-state index contributed by atoms with van der Waals surface area (Å²) in [5.74, 6) is 0.116. The highest BCUT2D eigenvalue weighted by atomic mass is 32.1. The lowest BCUT2D eigenvalue weighted by Crippen LogP contribution is -2.48. The molecule has 1 aliphatic heterocycles. The SMILES string of the molecule is O=C=Nc1ccc(N2CCN(C(=O)c3cccs3)CC2)cc1. The van der Waals surface area contributed by atoms with Crippen LogP contribution in [0.3, 0.4) is 0 Å². The molecule has 1 fully saturated rings. The molecule has 2 heterocycles. The zero-order valence-corrected chi connectivity index (χ0v) is 12.8. The largest absolute Gasteiger partial charge is 0.368 e. The third kappa shape index (κ3) is 3.08. The number of benzene rings is 1. The summed E-state index contributed by atoms with van der Waals surface area (Å²) in [4.78, 5) is 31.0. The summed E-state index contributed by atoms with van der Waals surface area (Å²) in [6.07, 6.45) is 1.53. The molecule has 22 heavy (non-hydrogen) atoms. The first-order chi connectivity index (χ1) is 10.8. The number of aliphatic imine (C=N–C) groups is 1. The molecule has 0 N–H and O–H groups in total. The Morgan fingerprint density at radius 2 is 1.82 bits per heavy atom. The Kier molecular flexibility index (Phi) is 4.32. The van der Waals surface area contributed by atoms with Gasteiger partial charge in [0.05, 0.1) is 10.6 Å². The molecule has 6 heteroatoms. The second kappa shape index (κ2) is 6.56. The number of isocyanates is 1. The van der Waals surface area contributed by atoms with Crippen LogP contribution in [0.2, 0.25) is 0 Å². The molecule has 1 aromatic carbocycles. The normalized spacial score (nSPS) is 14.5. The summed E-state index contributed by atoms with van der Waals surface area (Å²) in [7, 11) is 0. The van der Waals surface area contributed by atoms with Crippen molar-refractivity contribution in [3.63, 3.8) is 0 Å². The fourth-order valence-electron chi connectivity index (χ4n) is 2.51. The monoisotopic (exact) mass is 313 g/mol. The number of hydrogen-bond acceptors (Lipinski definition) is 5. The van der Waals surface area contributed by atoms with E-state index in [4.69, 9.17) is 0 Å². The van der Waals surface area contributed by atoms with Crippen LogP contribution in [-0.2, 0) is 4.79 Å². The highest BCUT2D eigenvalue weighted by Gasteiger charge is 2.22. The topological polar surface area (TPSA) is 53.0 Å². The number of piperazine rings is 1. The van der Waals surface area contributed by atoms with E-state index in [-0.39, 0.29) is 5.91 Å². The molecule has 0 spiro atoms. The molecular weight excluding hydrogens is 298 g/mol. The van der Waals surface area contributed by atoms with Crippen LogP contribution in [0.5, 0.6) is 0 Å². The van der Waals surface area contributed by atoms with Crippen LogP contribution >= 0.6 is 11.3 Å². The van der Waals surface area contributed by atoms with Gasteiger partial charge >= 0.3 is 0 Å². The van der Waals surface area contributed by atoms with E-state index >= 15 is 0 Å². The predicted octanol–water partition coefficient (Wildman–Crippen LogP) is 2.68. The zero-order chi connectivity index (χ0) is 15.4. The van der Waals surface area contributed by atoms with Gasteiger partial charge in [-0.25, -0.2) is 4.79 Å². The van der Waals surface area contributed by atoms with E-state index in [0.717, 1.165) is 23.7 Å². The molecule has 1 aromatic heterocycles. The third-order valence-electron chi connectivity index (χ3n) is 3.69. The van der Waals surface area contributed by atoms with Crippen LogP contribution in [-0.4, -0.2) is 43.1 Å². The minimum Gasteiger partial charge on any atom is -0.368 e. The van der Waals surface area contributed by atoms with Gasteiger partial charge in [-0.3, -0.25) is 4.79 Å². The molecule has 0 bridgehead atoms. The minimum absolute atomic E-state index is 0.116. The summed E-state index contributed by atoms with van der Waals surface area (Å²) in [5.41, 5.74) is 1.68. The van der Waals surface area contributed by atoms with E-state index in [9.17, 15) is 9.59 Å². The van der Waals surface area contributed by atoms with Gasteiger partial charge in [0, 0.05) is 31.9 Å². The van der Waals surface area contributed by atoms with Gasteiger partial charge in [0.1, 0.15) is 0 Å². The van der Waals surface area contributed by atoms with Crippen LogP contribution < -0.4 is 4.90 Å². The molecule has 1 aliphatic rings. The number of nitrogens with zero attached hydrogens (tertiary/aromatic N) is 3. The van der Waals surface area contributed by atoms with Gasteiger partial charge in [-0.1, -0.05) is 6.07 Å². The predicted molar refractivity (Wildman–Crippen MR) is 86.7 cm³/mol. The second-order valence-electron chi connectivity index (χ2n) is 4.98. The molecule has 2 aromatic rings. The summed E-state index contributed by atoms with van der Waals surface area (Å²) in [6.45, 7) is 3.02. The molecule has 0 radical (unpaired) electrons. The molecule has 0 atom stereocenters. The third-order valence-corrected chi connectivity index (χ3v) is 4.55. The number of thiophene rings is 1. The maximum Gasteiger partial charge on any atom is 0.264 e. The summed E-state index contributed by atoms with van der Waals surface area (Å²) < 4.78 is 0. The second-order valence-corrected chi connectivity index (χ2v) is 5.92. The van der Waals surface area contributed by atoms with Crippen molar-refractivity contribution in [3.8, 4) is 0 Å². The molecule has 5 nitrogen and oxygen atoms in total. The van der Waals surface area contributed by atoms with Gasteiger partial charge in [0.2, 0.25) is 6.08 Å². The van der Waals surface area contributed by atoms with Crippen LogP contribution in [0.1, 0.15) is 9.67 Å². The fourth-order valence-corrected chi connectivity index (χ4v) is 3.21. The van der Waals surface area contributed by atoms with Gasteiger partial charge in [-0.15, -0.1) is 11.3 Å². The van der Waals surface area contributed by atoms with Crippen molar-refractivity contribution in [2.45, 2.75) is 0 Å². The van der Waals surface area contributed by atoms with Crippen LogP contribution in [0, 0.1) is 0 Å². The van der Waals surface area contributed by atoms with Crippen LogP contribution in [0.15, 0.2) is 46.8 Å². The van der Waals surface area contributed by atoms with E-state index in [1.165, 1.54) is 17.4 Å². The fraction of sp³-hybridized carbons (Fsp3) is 0.250. The van der Waals surface area contributed by atoms with Crippen molar-refractivity contribution in [1.82, 2.24) is 4.90 Å². The van der Waals surface area contributed by atoms with Gasteiger partial charge in [0.15, 0.2) is 0 Å². The summed E-state index contributed by atoms with van der Waals surface area (Å²) in [5, 5.41) is 1.92. The molecule has 112 valence electrons. The number of carbonyl (C=O) groups is 1. The molecule has 0 unspecified atom stereocenters. The van der Waals surface area contributed by atoms with Gasteiger partial charge in [0.25, 0.3) is 5.91 Å². The zero-order valence-electron chi connectivity index (χ0n) is 11.9. The van der Waals surface area contributed by atoms with E-state index in [1.807, 2.05) is 34.5 Å². The number of rotatable bonds is 3. The number of hydrogen-bond donors (Lipinski definition) is 0. The van der Waals surface area contributed by atoms with Crippen LogP contribution in [0.25, 0.3) is 0 Å². The minimum atomic E-state index is 0.116. The smallest absolute Gasteiger partial charge is 0.264 e. The maximum absolute atomic E-state index is 12.3. The van der Waals surface area contributed by atoms with E-state index in [2.05, 4.69) is 9.89 Å². The molecular formula is C16H15N3O2S.